The van der Waals surface area contributed by atoms with E-state index in [0.717, 1.165) is 51.4 Å². The molecule has 4 N–H and O–H groups in total. The topological polar surface area (TPSA) is 99.4 Å². The number of benzene rings is 3. The van der Waals surface area contributed by atoms with E-state index in [9.17, 15) is 14.7 Å². The number of H-pyrrole nitrogens is 1. The van der Waals surface area contributed by atoms with Gasteiger partial charge >= 0.3 is 0 Å². The number of rotatable bonds is 10. The number of anilines is 2. The highest BCUT2D eigenvalue weighted by atomic mass is 32.2. The van der Waals surface area contributed by atoms with Gasteiger partial charge in [-0.05, 0) is 86.2 Å². The summed E-state index contributed by atoms with van der Waals surface area (Å²) in [4.78, 5) is 31.3. The van der Waals surface area contributed by atoms with Crippen LogP contribution in [-0.4, -0.2) is 22.5 Å². The lowest BCUT2D eigenvalue weighted by Crippen LogP contribution is -2.22. The number of amides is 1. The Labute approximate surface area is 233 Å². The molecule has 6 nitrogen and oxygen atoms in total. The molecule has 0 unspecified atom stereocenters. The second kappa shape index (κ2) is 12.3. The maximum Gasteiger partial charge on any atom is 0.266 e. The third-order valence-corrected chi connectivity index (χ3v) is 7.75. The zero-order valence-corrected chi connectivity index (χ0v) is 23.7. The summed E-state index contributed by atoms with van der Waals surface area (Å²) < 4.78 is 0. The molecule has 39 heavy (non-hydrogen) atoms. The molecule has 0 bridgehead atoms. The van der Waals surface area contributed by atoms with Gasteiger partial charge in [0.25, 0.3) is 5.56 Å². The van der Waals surface area contributed by atoms with Crippen LogP contribution < -0.4 is 16.2 Å². The minimum atomic E-state index is -0.486. The smallest absolute Gasteiger partial charge is 0.266 e. The van der Waals surface area contributed by atoms with E-state index in [0.29, 0.717) is 24.2 Å². The maximum absolute atomic E-state index is 13.2. The van der Waals surface area contributed by atoms with E-state index >= 15 is 0 Å². The molecule has 0 aliphatic heterocycles. The van der Waals surface area contributed by atoms with Gasteiger partial charge in [-0.25, -0.2) is 0 Å². The zero-order valence-electron chi connectivity index (χ0n) is 22.9. The highest BCUT2D eigenvalue weighted by molar-refractivity contribution is 7.99. The number of unbranched alkanes of at least 4 members (excludes halogenated alkanes) is 1. The third-order valence-electron chi connectivity index (χ3n) is 6.66. The molecule has 0 fully saturated rings. The van der Waals surface area contributed by atoms with Crippen LogP contribution in [-0.2, 0) is 6.42 Å². The minimum Gasteiger partial charge on any atom is -0.504 e. The van der Waals surface area contributed by atoms with E-state index in [1.807, 2.05) is 43.3 Å². The molecular weight excluding hydrogens is 506 g/mol. The summed E-state index contributed by atoms with van der Waals surface area (Å²) >= 11 is 1.22. The molecule has 4 aromatic rings. The van der Waals surface area contributed by atoms with Gasteiger partial charge in [-0.3, -0.25) is 9.59 Å². The van der Waals surface area contributed by atoms with Crippen LogP contribution in [0.1, 0.15) is 53.9 Å². The molecule has 1 heterocycles. The normalized spacial score (nSPS) is 11.0. The van der Waals surface area contributed by atoms with E-state index in [1.54, 1.807) is 12.1 Å². The molecule has 0 aliphatic carbocycles. The third kappa shape index (κ3) is 6.20. The molecule has 1 aromatic heterocycles. The van der Waals surface area contributed by atoms with Gasteiger partial charge in [0.15, 0.2) is 5.75 Å². The molecule has 0 saturated heterocycles. The highest BCUT2D eigenvalue weighted by Crippen LogP contribution is 2.43. The standard InChI is InChI=1S/C32H35N3O3S/c1-5-7-12-27-28(35(6-2)23-18-20(3)17-21(4)19-23)29(36)30(32(38)34-27)39-24-15-13-22(14-16-24)25-10-8-9-11-26(25)31(33)37/h8-11,13-19H,5-7,12H2,1-4H3,(H2,33,37)(H2,34,36,38). The fourth-order valence-corrected chi connectivity index (χ4v) is 5.72. The Morgan fingerprint density at radius 1 is 1.00 bits per heavy atom. The van der Waals surface area contributed by atoms with Crippen molar-refractivity contribution in [2.24, 2.45) is 5.73 Å². The summed E-state index contributed by atoms with van der Waals surface area (Å²) in [5.41, 5.74) is 11.9. The van der Waals surface area contributed by atoms with Crippen LogP contribution in [0.4, 0.5) is 11.4 Å². The van der Waals surface area contributed by atoms with E-state index < -0.39 is 5.91 Å². The number of hydrogen-bond donors (Lipinski definition) is 3. The Morgan fingerprint density at radius 2 is 1.67 bits per heavy atom. The minimum absolute atomic E-state index is 0.0148. The number of primary amides is 1. The van der Waals surface area contributed by atoms with Gasteiger partial charge < -0.3 is 20.7 Å². The Kier molecular flexibility index (Phi) is 8.82. The largest absolute Gasteiger partial charge is 0.504 e. The van der Waals surface area contributed by atoms with Crippen LogP contribution in [0, 0.1) is 13.8 Å². The fourth-order valence-electron chi connectivity index (χ4n) is 4.88. The highest BCUT2D eigenvalue weighted by Gasteiger charge is 2.23. The molecule has 0 spiro atoms. The van der Waals surface area contributed by atoms with Gasteiger partial charge in [0.1, 0.15) is 10.6 Å². The molecule has 4 rings (SSSR count). The second-order valence-electron chi connectivity index (χ2n) is 9.69. The lowest BCUT2D eigenvalue weighted by atomic mass is 9.99. The first-order valence-corrected chi connectivity index (χ1v) is 14.1. The first kappa shape index (κ1) is 28.0. The summed E-state index contributed by atoms with van der Waals surface area (Å²) in [5.74, 6) is -0.500. The number of aromatic amines is 1. The Morgan fingerprint density at radius 3 is 2.28 bits per heavy atom. The van der Waals surface area contributed by atoms with Crippen molar-refractivity contribution in [1.82, 2.24) is 4.98 Å². The average molecular weight is 542 g/mol. The zero-order chi connectivity index (χ0) is 28.1. The number of nitrogens with zero attached hydrogens (tertiary/aromatic N) is 1. The second-order valence-corrected chi connectivity index (χ2v) is 10.8. The van der Waals surface area contributed by atoms with Crippen molar-refractivity contribution in [2.45, 2.75) is 56.7 Å². The van der Waals surface area contributed by atoms with Crippen molar-refractivity contribution >= 4 is 29.0 Å². The van der Waals surface area contributed by atoms with E-state index in [1.165, 1.54) is 11.8 Å². The number of nitrogens with two attached hydrogens (primary N) is 1. The van der Waals surface area contributed by atoms with Gasteiger partial charge in [-0.2, -0.15) is 0 Å². The predicted octanol–water partition coefficient (Wildman–Crippen LogP) is 7.12. The van der Waals surface area contributed by atoms with Crippen LogP contribution in [0.2, 0.25) is 0 Å². The molecule has 1 amide bonds. The summed E-state index contributed by atoms with van der Waals surface area (Å²) in [6.45, 7) is 8.89. The van der Waals surface area contributed by atoms with Crippen molar-refractivity contribution in [3.63, 3.8) is 0 Å². The molecule has 202 valence electrons. The van der Waals surface area contributed by atoms with Crippen LogP contribution in [0.3, 0.4) is 0 Å². The van der Waals surface area contributed by atoms with Crippen LogP contribution in [0.5, 0.6) is 5.75 Å². The number of carbonyl (C=O) groups is 1. The number of aromatic hydroxyl groups is 1. The first-order chi connectivity index (χ1) is 18.7. The number of nitrogens with one attached hydrogen (secondary N) is 1. The number of aryl methyl sites for hydroxylation is 3. The average Bonchev–Trinajstić information content (AvgIpc) is 2.91. The lowest BCUT2D eigenvalue weighted by Gasteiger charge is -2.28. The van der Waals surface area contributed by atoms with Crippen molar-refractivity contribution in [2.75, 3.05) is 11.4 Å². The van der Waals surface area contributed by atoms with Crippen LogP contribution >= 0.6 is 11.8 Å². The molecule has 7 heteroatoms. The van der Waals surface area contributed by atoms with Gasteiger partial charge in [0.2, 0.25) is 5.91 Å². The first-order valence-electron chi connectivity index (χ1n) is 13.2. The summed E-state index contributed by atoms with van der Waals surface area (Å²) in [7, 11) is 0. The molecule has 3 aromatic carbocycles. The lowest BCUT2D eigenvalue weighted by molar-refractivity contribution is 0.100. The van der Waals surface area contributed by atoms with Gasteiger partial charge in [-0.15, -0.1) is 0 Å². The number of carbonyl (C=O) groups excluding carboxylic acids is 1. The van der Waals surface area contributed by atoms with Crippen molar-refractivity contribution in [3.8, 4) is 16.9 Å². The quantitative estimate of drug-likeness (QED) is 0.199. The van der Waals surface area contributed by atoms with Gasteiger partial charge in [-0.1, -0.05) is 61.5 Å². The molecule has 0 radical (unpaired) electrons. The SMILES string of the molecule is CCCCc1[nH]c(=O)c(Sc2ccc(-c3ccccc3C(N)=O)cc2)c(O)c1N(CC)c1cc(C)cc(C)c1. The Bertz CT molecular complexity index is 1520. The molecule has 0 aliphatic rings. The van der Waals surface area contributed by atoms with Crippen molar-refractivity contribution in [3.05, 3.63) is 99.5 Å². The number of hydrogen-bond acceptors (Lipinski definition) is 5. The molecule has 0 atom stereocenters. The fraction of sp³-hybridized carbons (Fsp3) is 0.250. The van der Waals surface area contributed by atoms with Crippen LogP contribution in [0.15, 0.2) is 81.3 Å². The number of aromatic nitrogens is 1. The Balaban J connectivity index is 1.76. The maximum atomic E-state index is 13.2. The summed E-state index contributed by atoms with van der Waals surface area (Å²) in [5, 5.41) is 11.6. The predicted molar refractivity (Wildman–Crippen MR) is 160 cm³/mol. The van der Waals surface area contributed by atoms with Crippen molar-refractivity contribution < 1.29 is 9.90 Å². The van der Waals surface area contributed by atoms with E-state index in [4.69, 9.17) is 5.73 Å². The van der Waals surface area contributed by atoms with Gasteiger partial charge in [0, 0.05) is 28.4 Å². The molecular formula is C32H35N3O3S. The van der Waals surface area contributed by atoms with Crippen LogP contribution in [0.25, 0.3) is 11.1 Å². The van der Waals surface area contributed by atoms with E-state index in [-0.39, 0.29) is 16.2 Å². The van der Waals surface area contributed by atoms with E-state index in [2.05, 4.69) is 48.9 Å². The Hall–Kier alpha value is -3.97. The summed E-state index contributed by atoms with van der Waals surface area (Å²) in [6.07, 6.45) is 2.53. The molecule has 0 saturated carbocycles. The summed E-state index contributed by atoms with van der Waals surface area (Å²) in [6, 6.07) is 21.0. The van der Waals surface area contributed by atoms with Gasteiger partial charge in [0.05, 0.1) is 0 Å². The van der Waals surface area contributed by atoms with Crippen molar-refractivity contribution in [1.29, 1.82) is 0 Å². The monoisotopic (exact) mass is 541 g/mol. The number of pyridine rings is 1.